The molecule has 3 aromatic rings. The van der Waals surface area contributed by atoms with Crippen molar-refractivity contribution in [3.8, 4) is 5.75 Å². The van der Waals surface area contributed by atoms with Gasteiger partial charge >= 0.3 is 0 Å². The number of allylic oxidation sites excluding steroid dienone is 1. The largest absolute Gasteiger partial charge is 0.490 e. The topological polar surface area (TPSA) is 76.0 Å². The zero-order chi connectivity index (χ0) is 16.9. The predicted octanol–water partition coefficient (Wildman–Crippen LogP) is 2.79. The van der Waals surface area contributed by atoms with Crippen LogP contribution in [-0.2, 0) is 6.54 Å². The number of aromatic nitrogens is 4. The summed E-state index contributed by atoms with van der Waals surface area (Å²) >= 11 is 1.46. The van der Waals surface area contributed by atoms with E-state index < -0.39 is 6.10 Å². The highest BCUT2D eigenvalue weighted by molar-refractivity contribution is 7.99. The molecule has 126 valence electrons. The van der Waals surface area contributed by atoms with Crippen LogP contribution in [0.25, 0.3) is 10.9 Å². The minimum Gasteiger partial charge on any atom is -0.490 e. The van der Waals surface area contributed by atoms with Crippen molar-refractivity contribution in [1.82, 2.24) is 19.7 Å². The minimum atomic E-state index is -0.599. The molecule has 0 amide bonds. The smallest absolute Gasteiger partial charge is 0.191 e. The highest BCUT2D eigenvalue weighted by Crippen LogP contribution is 2.25. The number of hydrogen-bond donors (Lipinski definition) is 2. The van der Waals surface area contributed by atoms with Gasteiger partial charge in [-0.1, -0.05) is 23.9 Å². The number of nitrogens with one attached hydrogen (secondary N) is 1. The van der Waals surface area contributed by atoms with Crippen LogP contribution in [0.1, 0.15) is 5.82 Å². The standard InChI is InChI=1S/C17H20N4O2S/c1-3-9-21-12(2)19-20-17(21)24-11-13(22)10-23-16-6-4-5-15-14(16)7-8-18-15/h3-8,13,18,22H,1,9-11H2,2H3. The number of thioether (sulfide) groups is 1. The van der Waals surface area contributed by atoms with Crippen molar-refractivity contribution in [2.24, 2.45) is 0 Å². The third kappa shape index (κ3) is 3.63. The average molecular weight is 344 g/mol. The maximum atomic E-state index is 10.2. The maximum Gasteiger partial charge on any atom is 0.191 e. The first-order chi connectivity index (χ1) is 11.7. The Morgan fingerprint density at radius 2 is 2.29 bits per heavy atom. The summed E-state index contributed by atoms with van der Waals surface area (Å²) in [5.74, 6) is 2.09. The minimum absolute atomic E-state index is 0.228. The van der Waals surface area contributed by atoms with Crippen molar-refractivity contribution >= 4 is 22.7 Å². The van der Waals surface area contributed by atoms with E-state index in [0.717, 1.165) is 27.6 Å². The molecule has 0 aliphatic carbocycles. The monoisotopic (exact) mass is 344 g/mol. The molecule has 1 unspecified atom stereocenters. The molecule has 0 aliphatic heterocycles. The molecule has 0 bridgehead atoms. The number of aryl methyl sites for hydroxylation is 1. The quantitative estimate of drug-likeness (QED) is 0.485. The van der Waals surface area contributed by atoms with Crippen molar-refractivity contribution in [1.29, 1.82) is 0 Å². The average Bonchev–Trinajstić information content (AvgIpc) is 3.19. The summed E-state index contributed by atoms with van der Waals surface area (Å²) in [6.45, 7) is 6.52. The second-order valence-corrected chi connectivity index (χ2v) is 6.39. The first-order valence-electron chi connectivity index (χ1n) is 7.69. The lowest BCUT2D eigenvalue weighted by molar-refractivity contribution is 0.127. The number of hydrogen-bond acceptors (Lipinski definition) is 5. The van der Waals surface area contributed by atoms with E-state index in [1.807, 2.05) is 42.0 Å². The fourth-order valence-corrected chi connectivity index (χ4v) is 3.29. The molecular weight excluding hydrogens is 324 g/mol. The molecule has 0 radical (unpaired) electrons. The fraction of sp³-hybridized carbons (Fsp3) is 0.294. The molecular formula is C17H20N4O2S. The van der Waals surface area contributed by atoms with E-state index in [9.17, 15) is 5.11 Å². The Kier molecular flexibility index (Phi) is 5.22. The third-order valence-corrected chi connectivity index (χ3v) is 4.72. The highest BCUT2D eigenvalue weighted by atomic mass is 32.2. The van der Waals surface area contributed by atoms with Gasteiger partial charge in [0.25, 0.3) is 0 Å². The van der Waals surface area contributed by atoms with E-state index in [1.165, 1.54) is 11.8 Å². The number of benzene rings is 1. The Bertz CT molecular complexity index is 827. The summed E-state index contributed by atoms with van der Waals surface area (Å²) in [4.78, 5) is 3.14. The van der Waals surface area contributed by atoms with Gasteiger partial charge in [-0.15, -0.1) is 16.8 Å². The first-order valence-corrected chi connectivity index (χ1v) is 8.68. The Morgan fingerprint density at radius 3 is 3.12 bits per heavy atom. The van der Waals surface area contributed by atoms with Crippen molar-refractivity contribution in [2.75, 3.05) is 12.4 Å². The van der Waals surface area contributed by atoms with Gasteiger partial charge in [-0.05, 0) is 25.1 Å². The van der Waals surface area contributed by atoms with Crippen LogP contribution < -0.4 is 4.74 Å². The zero-order valence-corrected chi connectivity index (χ0v) is 14.3. The van der Waals surface area contributed by atoms with E-state index in [0.29, 0.717) is 12.3 Å². The molecule has 1 aromatic carbocycles. The van der Waals surface area contributed by atoms with Crippen LogP contribution in [0.5, 0.6) is 5.75 Å². The van der Waals surface area contributed by atoms with Crippen LogP contribution >= 0.6 is 11.8 Å². The molecule has 2 aromatic heterocycles. The Balaban J connectivity index is 1.55. The van der Waals surface area contributed by atoms with Crippen LogP contribution in [0.2, 0.25) is 0 Å². The Hall–Kier alpha value is -2.25. The lowest BCUT2D eigenvalue weighted by Gasteiger charge is -2.13. The van der Waals surface area contributed by atoms with E-state index in [-0.39, 0.29) is 6.61 Å². The van der Waals surface area contributed by atoms with Crippen molar-refractivity contribution in [3.63, 3.8) is 0 Å². The summed E-state index contributed by atoms with van der Waals surface area (Å²) in [7, 11) is 0. The molecule has 3 rings (SSSR count). The Morgan fingerprint density at radius 1 is 1.42 bits per heavy atom. The highest BCUT2D eigenvalue weighted by Gasteiger charge is 2.13. The zero-order valence-electron chi connectivity index (χ0n) is 13.5. The lowest BCUT2D eigenvalue weighted by Crippen LogP contribution is -2.20. The van der Waals surface area contributed by atoms with Gasteiger partial charge in [-0.25, -0.2) is 0 Å². The van der Waals surface area contributed by atoms with Crippen LogP contribution in [0.3, 0.4) is 0 Å². The lowest BCUT2D eigenvalue weighted by atomic mass is 10.2. The number of fused-ring (bicyclic) bond motifs is 1. The van der Waals surface area contributed by atoms with Gasteiger partial charge < -0.3 is 19.4 Å². The summed E-state index contributed by atoms with van der Waals surface area (Å²) in [5.41, 5.74) is 1.02. The Labute approximate surface area is 144 Å². The number of aliphatic hydroxyl groups is 1. The molecule has 0 spiro atoms. The number of H-pyrrole nitrogens is 1. The van der Waals surface area contributed by atoms with Crippen LogP contribution in [0.15, 0.2) is 48.3 Å². The number of aliphatic hydroxyl groups excluding tert-OH is 1. The number of rotatable bonds is 8. The second-order valence-electron chi connectivity index (χ2n) is 5.40. The van der Waals surface area contributed by atoms with Gasteiger partial charge in [0, 0.05) is 29.4 Å². The summed E-state index contributed by atoms with van der Waals surface area (Å²) in [6.07, 6.45) is 3.08. The van der Waals surface area contributed by atoms with Gasteiger partial charge in [0.15, 0.2) is 5.16 Å². The van der Waals surface area contributed by atoms with E-state index >= 15 is 0 Å². The third-order valence-electron chi connectivity index (χ3n) is 3.60. The molecule has 1 atom stereocenters. The van der Waals surface area contributed by atoms with Gasteiger partial charge in [-0.2, -0.15) is 0 Å². The normalized spacial score (nSPS) is 12.4. The van der Waals surface area contributed by atoms with Crippen molar-refractivity contribution < 1.29 is 9.84 Å². The van der Waals surface area contributed by atoms with Crippen LogP contribution in [-0.4, -0.2) is 43.3 Å². The second kappa shape index (κ2) is 7.55. The van der Waals surface area contributed by atoms with Crippen molar-refractivity contribution in [3.05, 3.63) is 48.9 Å². The molecule has 0 aliphatic rings. The predicted molar refractivity (Wildman–Crippen MR) is 95.5 cm³/mol. The summed E-state index contributed by atoms with van der Waals surface area (Å²) in [6, 6.07) is 7.78. The maximum absolute atomic E-state index is 10.2. The van der Waals surface area contributed by atoms with E-state index in [2.05, 4.69) is 21.8 Å². The van der Waals surface area contributed by atoms with Gasteiger partial charge in [-0.3, -0.25) is 0 Å². The molecule has 0 saturated carbocycles. The molecule has 2 heterocycles. The molecule has 24 heavy (non-hydrogen) atoms. The number of nitrogens with zero attached hydrogens (tertiary/aromatic N) is 3. The molecule has 0 fully saturated rings. The van der Waals surface area contributed by atoms with E-state index in [1.54, 1.807) is 6.08 Å². The van der Waals surface area contributed by atoms with Crippen LogP contribution in [0, 0.1) is 6.92 Å². The molecule has 7 heteroatoms. The summed E-state index contributed by atoms with van der Waals surface area (Å²) in [5, 5.41) is 20.2. The summed E-state index contributed by atoms with van der Waals surface area (Å²) < 4.78 is 7.73. The van der Waals surface area contributed by atoms with Gasteiger partial charge in [0.1, 0.15) is 18.2 Å². The molecule has 0 saturated heterocycles. The van der Waals surface area contributed by atoms with Gasteiger partial charge in [0.05, 0.1) is 6.10 Å². The first kappa shape index (κ1) is 16.6. The number of aromatic amines is 1. The van der Waals surface area contributed by atoms with E-state index in [4.69, 9.17) is 4.74 Å². The number of ether oxygens (including phenoxy) is 1. The van der Waals surface area contributed by atoms with Crippen LogP contribution in [0.4, 0.5) is 0 Å². The molecule has 2 N–H and O–H groups in total. The SMILES string of the molecule is C=CCn1c(C)nnc1SCC(O)COc1cccc2[nH]ccc12. The van der Waals surface area contributed by atoms with Gasteiger partial charge in [0.2, 0.25) is 0 Å². The fourth-order valence-electron chi connectivity index (χ4n) is 2.39. The van der Waals surface area contributed by atoms with Crippen molar-refractivity contribution in [2.45, 2.75) is 24.7 Å². The molecule has 6 nitrogen and oxygen atoms in total.